The second kappa shape index (κ2) is 8.95. The minimum Gasteiger partial charge on any atom is -0.370 e. The van der Waals surface area contributed by atoms with Gasteiger partial charge >= 0.3 is 6.18 Å². The van der Waals surface area contributed by atoms with Crippen LogP contribution in [0.5, 0.6) is 0 Å². The minimum absolute atomic E-state index is 0.0822. The Balaban J connectivity index is 2.20. The second-order valence-electron chi connectivity index (χ2n) is 5.57. The van der Waals surface area contributed by atoms with Gasteiger partial charge in [0.1, 0.15) is 0 Å². The number of hydrogen-bond donors (Lipinski definition) is 3. The van der Waals surface area contributed by atoms with E-state index in [9.17, 15) is 18.0 Å². The lowest BCUT2D eigenvalue weighted by Gasteiger charge is -2.25. The van der Waals surface area contributed by atoms with Crippen molar-refractivity contribution in [2.45, 2.75) is 25.2 Å². The van der Waals surface area contributed by atoms with Crippen molar-refractivity contribution in [2.75, 3.05) is 40.5 Å². The summed E-state index contributed by atoms with van der Waals surface area (Å²) in [5, 5.41) is 2.68. The third-order valence-electron chi connectivity index (χ3n) is 3.68. The summed E-state index contributed by atoms with van der Waals surface area (Å²) in [6.45, 7) is 4.89. The summed E-state index contributed by atoms with van der Waals surface area (Å²) in [4.78, 5) is 25.4. The maximum Gasteiger partial charge on any atom is 0.416 e. The smallest absolute Gasteiger partial charge is 0.370 e. The zero-order chi connectivity index (χ0) is 20.9. The molecule has 0 spiro atoms. The molecule has 2 rings (SSSR count). The molecule has 152 valence electrons. The van der Waals surface area contributed by atoms with Crippen LogP contribution in [0, 0.1) is 0 Å². The van der Waals surface area contributed by atoms with Crippen LogP contribution in [-0.2, 0) is 11.0 Å². The monoisotopic (exact) mass is 415 g/mol. The first-order valence-electron chi connectivity index (χ1n) is 8.29. The van der Waals surface area contributed by atoms with Crippen molar-refractivity contribution in [3.63, 3.8) is 0 Å². The van der Waals surface area contributed by atoms with Gasteiger partial charge in [0.2, 0.25) is 17.8 Å². The molecule has 8 nitrogen and oxygen atoms in total. The number of amides is 1. The van der Waals surface area contributed by atoms with Crippen LogP contribution in [0.3, 0.4) is 0 Å². The van der Waals surface area contributed by atoms with Gasteiger partial charge in [-0.1, -0.05) is 11.8 Å². The molecule has 0 aliphatic heterocycles. The van der Waals surface area contributed by atoms with E-state index in [1.807, 2.05) is 18.7 Å². The molecule has 0 aliphatic carbocycles. The predicted octanol–water partition coefficient (Wildman–Crippen LogP) is 2.63. The molecule has 5 N–H and O–H groups in total. The highest BCUT2D eigenvalue weighted by atomic mass is 32.2. The lowest BCUT2D eigenvalue weighted by Crippen LogP contribution is -2.25. The molecule has 0 unspecified atom stereocenters. The van der Waals surface area contributed by atoms with Crippen LogP contribution < -0.4 is 21.7 Å². The summed E-state index contributed by atoms with van der Waals surface area (Å²) in [6, 6.07) is 3.27. The number of anilines is 4. The molecule has 1 amide bonds. The number of carbonyl (C=O) groups is 1. The average molecular weight is 415 g/mol. The molecular formula is C16H20F3N7OS. The molecule has 28 heavy (non-hydrogen) atoms. The van der Waals surface area contributed by atoms with E-state index in [1.54, 1.807) is 0 Å². The summed E-state index contributed by atoms with van der Waals surface area (Å²) in [6.07, 6.45) is -4.52. The zero-order valence-corrected chi connectivity index (χ0v) is 16.1. The quantitative estimate of drug-likeness (QED) is 0.590. The Morgan fingerprint density at radius 1 is 1.14 bits per heavy atom. The van der Waals surface area contributed by atoms with Gasteiger partial charge in [0.15, 0.2) is 5.16 Å². The van der Waals surface area contributed by atoms with Gasteiger partial charge in [-0.3, -0.25) is 4.79 Å². The van der Waals surface area contributed by atoms with E-state index < -0.39 is 17.6 Å². The number of alkyl halides is 3. The number of carbonyl (C=O) groups excluding carboxylic acids is 1. The van der Waals surface area contributed by atoms with Crippen molar-refractivity contribution < 1.29 is 18.0 Å². The number of halogens is 3. The Bertz CT molecular complexity index is 823. The molecule has 0 saturated carbocycles. The Kier molecular flexibility index (Phi) is 6.89. The number of benzene rings is 1. The lowest BCUT2D eigenvalue weighted by atomic mass is 10.1. The SMILES string of the molecule is CCN(CC)c1ccc(C(F)(F)F)cc1NC(=O)CSc1nc(N)nc(N)n1. The van der Waals surface area contributed by atoms with E-state index in [0.717, 1.165) is 23.9 Å². The van der Waals surface area contributed by atoms with Crippen molar-refractivity contribution in [3.8, 4) is 0 Å². The summed E-state index contributed by atoms with van der Waals surface area (Å²) in [5.41, 5.74) is 10.7. The Hall–Kier alpha value is -2.76. The molecule has 0 atom stereocenters. The molecule has 12 heteroatoms. The molecule has 1 aromatic carbocycles. The second-order valence-corrected chi connectivity index (χ2v) is 6.52. The molecule has 0 bridgehead atoms. The third-order valence-corrected chi connectivity index (χ3v) is 4.53. The number of nitrogens with two attached hydrogens (primary N) is 2. The molecular weight excluding hydrogens is 395 g/mol. The van der Waals surface area contributed by atoms with Gasteiger partial charge in [0, 0.05) is 13.1 Å². The average Bonchev–Trinajstić information content (AvgIpc) is 2.60. The fourth-order valence-corrected chi connectivity index (χ4v) is 3.07. The fraction of sp³-hybridized carbons (Fsp3) is 0.375. The van der Waals surface area contributed by atoms with Crippen LogP contribution in [0.2, 0.25) is 0 Å². The topological polar surface area (TPSA) is 123 Å². The van der Waals surface area contributed by atoms with E-state index in [1.165, 1.54) is 6.07 Å². The highest BCUT2D eigenvalue weighted by molar-refractivity contribution is 7.99. The highest BCUT2D eigenvalue weighted by Gasteiger charge is 2.31. The molecule has 1 heterocycles. The highest BCUT2D eigenvalue weighted by Crippen LogP contribution is 2.35. The first-order valence-corrected chi connectivity index (χ1v) is 9.28. The van der Waals surface area contributed by atoms with E-state index in [4.69, 9.17) is 11.5 Å². The zero-order valence-electron chi connectivity index (χ0n) is 15.2. The van der Waals surface area contributed by atoms with E-state index >= 15 is 0 Å². The van der Waals surface area contributed by atoms with Crippen LogP contribution in [0.25, 0.3) is 0 Å². The van der Waals surface area contributed by atoms with Gasteiger partial charge in [-0.15, -0.1) is 0 Å². The number of hydrogen-bond acceptors (Lipinski definition) is 8. The van der Waals surface area contributed by atoms with Crippen LogP contribution in [0.15, 0.2) is 23.4 Å². The molecule has 0 radical (unpaired) electrons. The number of nitrogens with zero attached hydrogens (tertiary/aromatic N) is 4. The number of nitrogens with one attached hydrogen (secondary N) is 1. The largest absolute Gasteiger partial charge is 0.416 e. The van der Waals surface area contributed by atoms with Gasteiger partial charge in [-0.05, 0) is 32.0 Å². The van der Waals surface area contributed by atoms with Crippen LogP contribution >= 0.6 is 11.8 Å². The van der Waals surface area contributed by atoms with E-state index in [2.05, 4.69) is 20.3 Å². The summed E-state index contributed by atoms with van der Waals surface area (Å²) in [7, 11) is 0. The van der Waals surface area contributed by atoms with Crippen molar-refractivity contribution >= 4 is 40.9 Å². The molecule has 0 fully saturated rings. The number of thioether (sulfide) groups is 1. The fourth-order valence-electron chi connectivity index (χ4n) is 2.42. The van der Waals surface area contributed by atoms with E-state index in [-0.39, 0.29) is 28.5 Å². The van der Waals surface area contributed by atoms with Crippen molar-refractivity contribution in [1.82, 2.24) is 15.0 Å². The number of aromatic nitrogens is 3. The maximum atomic E-state index is 13.1. The van der Waals surface area contributed by atoms with Crippen LogP contribution in [0.1, 0.15) is 19.4 Å². The minimum atomic E-state index is -4.52. The normalized spacial score (nSPS) is 11.3. The van der Waals surface area contributed by atoms with Crippen molar-refractivity contribution in [3.05, 3.63) is 23.8 Å². The van der Waals surface area contributed by atoms with Crippen LogP contribution in [-0.4, -0.2) is 39.7 Å². The van der Waals surface area contributed by atoms with Gasteiger partial charge in [-0.2, -0.15) is 28.1 Å². The summed E-state index contributed by atoms with van der Waals surface area (Å²) >= 11 is 0.942. The predicted molar refractivity (Wildman–Crippen MR) is 103 cm³/mol. The van der Waals surface area contributed by atoms with Gasteiger partial charge in [0.25, 0.3) is 0 Å². The van der Waals surface area contributed by atoms with Gasteiger partial charge in [0.05, 0.1) is 22.7 Å². The van der Waals surface area contributed by atoms with Gasteiger partial charge in [-0.25, -0.2) is 0 Å². The van der Waals surface area contributed by atoms with Crippen molar-refractivity contribution in [2.24, 2.45) is 0 Å². The standard InChI is InChI=1S/C16H20F3N7OS/c1-3-26(4-2)11-6-5-9(16(17,18)19)7-10(11)22-12(27)8-28-15-24-13(20)23-14(21)25-15/h5-7H,3-4,8H2,1-2H3,(H,22,27)(H4,20,21,23,24,25). The molecule has 0 saturated heterocycles. The van der Waals surface area contributed by atoms with Crippen LogP contribution in [0.4, 0.5) is 36.4 Å². The molecule has 1 aromatic heterocycles. The first kappa shape index (κ1) is 21.5. The molecule has 2 aromatic rings. The molecule has 0 aliphatic rings. The van der Waals surface area contributed by atoms with Crippen molar-refractivity contribution in [1.29, 1.82) is 0 Å². The van der Waals surface area contributed by atoms with Gasteiger partial charge < -0.3 is 21.7 Å². The number of rotatable bonds is 7. The maximum absolute atomic E-state index is 13.1. The third kappa shape index (κ3) is 5.62. The lowest BCUT2D eigenvalue weighted by molar-refractivity contribution is -0.137. The summed E-state index contributed by atoms with van der Waals surface area (Å²) < 4.78 is 39.2. The summed E-state index contributed by atoms with van der Waals surface area (Å²) in [5.74, 6) is -0.832. The van der Waals surface area contributed by atoms with E-state index in [0.29, 0.717) is 18.8 Å². The Morgan fingerprint density at radius 2 is 1.75 bits per heavy atom. The Morgan fingerprint density at radius 3 is 2.29 bits per heavy atom. The Labute approximate surface area is 163 Å². The number of nitrogen functional groups attached to an aromatic ring is 2. The first-order chi connectivity index (χ1) is 13.1.